The van der Waals surface area contributed by atoms with Crippen molar-refractivity contribution in [2.45, 2.75) is 59.2 Å². The van der Waals surface area contributed by atoms with Crippen LogP contribution in [0.3, 0.4) is 0 Å². The van der Waals surface area contributed by atoms with Gasteiger partial charge in [-0.2, -0.15) is 0 Å². The average Bonchev–Trinajstić information content (AvgIpc) is 3.37. The summed E-state index contributed by atoms with van der Waals surface area (Å²) in [6.07, 6.45) is 0.235. The number of carbonyl (C=O) groups is 3. The SMILES string of the molecule is CCN1CCN(c2ccc(C(=O)NC(CC(C)(C)C)C(=O)N3C[C@H](C)[C@H]4OCC(=O)[C@H]43)cc2)CC1. The number of nitrogens with one attached hydrogen (secondary N) is 1. The molecule has 35 heavy (non-hydrogen) atoms. The van der Waals surface area contributed by atoms with Crippen molar-refractivity contribution in [1.82, 2.24) is 15.1 Å². The number of rotatable bonds is 6. The van der Waals surface area contributed by atoms with Gasteiger partial charge in [-0.1, -0.05) is 34.6 Å². The van der Waals surface area contributed by atoms with Crippen molar-refractivity contribution in [3.8, 4) is 0 Å². The number of Topliss-reactive ketones (excluding diaryl/α,β-unsaturated/α-hetero) is 1. The van der Waals surface area contributed by atoms with E-state index in [-0.39, 0.29) is 41.6 Å². The molecule has 4 atom stereocenters. The monoisotopic (exact) mass is 484 g/mol. The summed E-state index contributed by atoms with van der Waals surface area (Å²) in [4.78, 5) is 45.7. The number of nitrogens with zero attached hydrogens (tertiary/aromatic N) is 3. The lowest BCUT2D eigenvalue weighted by Gasteiger charge is -2.35. The molecular weight excluding hydrogens is 444 g/mol. The Labute approximate surface area is 209 Å². The summed E-state index contributed by atoms with van der Waals surface area (Å²) in [6.45, 7) is 16.0. The molecule has 1 unspecified atom stereocenters. The molecule has 3 aliphatic heterocycles. The molecule has 8 heteroatoms. The number of hydrogen-bond acceptors (Lipinski definition) is 6. The molecular formula is C27H40N4O4. The van der Waals surface area contributed by atoms with Crippen LogP contribution >= 0.6 is 0 Å². The van der Waals surface area contributed by atoms with E-state index in [1.165, 1.54) is 0 Å². The molecule has 3 aliphatic rings. The number of hydrogen-bond donors (Lipinski definition) is 1. The number of carbonyl (C=O) groups excluding carboxylic acids is 3. The number of anilines is 1. The molecule has 8 nitrogen and oxygen atoms in total. The Morgan fingerprint density at radius 2 is 1.77 bits per heavy atom. The largest absolute Gasteiger partial charge is 0.369 e. The lowest BCUT2D eigenvalue weighted by atomic mass is 9.87. The van der Waals surface area contributed by atoms with Crippen LogP contribution in [0.15, 0.2) is 24.3 Å². The maximum atomic E-state index is 13.6. The second-order valence-corrected chi connectivity index (χ2v) is 11.4. The molecule has 0 aliphatic carbocycles. The van der Waals surface area contributed by atoms with E-state index < -0.39 is 12.1 Å². The van der Waals surface area contributed by atoms with Crippen LogP contribution in [0.4, 0.5) is 5.69 Å². The Bertz CT molecular complexity index is 933. The lowest BCUT2D eigenvalue weighted by Crippen LogP contribution is -2.53. The minimum Gasteiger partial charge on any atom is -0.369 e. The number of likely N-dealkylation sites (N-methyl/N-ethyl adjacent to an activating group) is 1. The van der Waals surface area contributed by atoms with E-state index in [9.17, 15) is 14.4 Å². The molecule has 3 heterocycles. The number of piperazine rings is 1. The van der Waals surface area contributed by atoms with E-state index >= 15 is 0 Å². The van der Waals surface area contributed by atoms with Gasteiger partial charge in [0.25, 0.3) is 5.91 Å². The Morgan fingerprint density at radius 1 is 1.11 bits per heavy atom. The molecule has 0 radical (unpaired) electrons. The van der Waals surface area contributed by atoms with Gasteiger partial charge in [-0.15, -0.1) is 0 Å². The summed E-state index contributed by atoms with van der Waals surface area (Å²) in [6, 6.07) is 6.39. The second-order valence-electron chi connectivity index (χ2n) is 11.4. The third kappa shape index (κ3) is 5.70. The van der Waals surface area contributed by atoms with Gasteiger partial charge < -0.3 is 24.8 Å². The minimum absolute atomic E-state index is 0.0519. The molecule has 1 aromatic carbocycles. The summed E-state index contributed by atoms with van der Waals surface area (Å²) >= 11 is 0. The van der Waals surface area contributed by atoms with Crippen molar-refractivity contribution in [3.63, 3.8) is 0 Å². The van der Waals surface area contributed by atoms with E-state index in [1.54, 1.807) is 4.90 Å². The Balaban J connectivity index is 1.45. The smallest absolute Gasteiger partial charge is 0.251 e. The highest BCUT2D eigenvalue weighted by molar-refractivity contribution is 5.99. The molecule has 192 valence electrons. The molecule has 2 amide bonds. The molecule has 3 fully saturated rings. The van der Waals surface area contributed by atoms with Gasteiger partial charge in [0.1, 0.15) is 18.7 Å². The van der Waals surface area contributed by atoms with Crippen LogP contribution in [0.5, 0.6) is 0 Å². The molecule has 1 N–H and O–H groups in total. The van der Waals surface area contributed by atoms with Gasteiger partial charge in [0.15, 0.2) is 5.78 Å². The molecule has 0 bridgehead atoms. The summed E-state index contributed by atoms with van der Waals surface area (Å²) in [7, 11) is 0. The Hall–Kier alpha value is -2.45. The third-order valence-electron chi connectivity index (χ3n) is 7.46. The van der Waals surface area contributed by atoms with Gasteiger partial charge in [-0.05, 0) is 42.6 Å². The third-order valence-corrected chi connectivity index (χ3v) is 7.46. The van der Waals surface area contributed by atoms with Crippen LogP contribution in [0.2, 0.25) is 0 Å². The number of ketones is 1. The average molecular weight is 485 g/mol. The summed E-state index contributed by atoms with van der Waals surface area (Å²) < 4.78 is 5.65. The Morgan fingerprint density at radius 3 is 2.37 bits per heavy atom. The minimum atomic E-state index is -0.705. The number of amides is 2. The fraction of sp³-hybridized carbons (Fsp3) is 0.667. The summed E-state index contributed by atoms with van der Waals surface area (Å²) in [5.74, 6) is -0.429. The van der Waals surface area contributed by atoms with Gasteiger partial charge >= 0.3 is 0 Å². The predicted molar refractivity (Wildman–Crippen MR) is 136 cm³/mol. The zero-order valence-electron chi connectivity index (χ0n) is 21.8. The van der Waals surface area contributed by atoms with Crippen molar-refractivity contribution >= 4 is 23.3 Å². The van der Waals surface area contributed by atoms with Crippen LogP contribution < -0.4 is 10.2 Å². The highest BCUT2D eigenvalue weighted by Crippen LogP contribution is 2.33. The maximum absolute atomic E-state index is 13.6. The van der Waals surface area contributed by atoms with Crippen LogP contribution in [0.25, 0.3) is 0 Å². The van der Waals surface area contributed by atoms with E-state index in [0.717, 1.165) is 38.4 Å². The molecule has 1 aromatic rings. The van der Waals surface area contributed by atoms with Crippen LogP contribution in [0.1, 0.15) is 51.4 Å². The van der Waals surface area contributed by atoms with Gasteiger partial charge in [0.2, 0.25) is 5.91 Å². The van der Waals surface area contributed by atoms with Gasteiger partial charge in [-0.3, -0.25) is 14.4 Å². The van der Waals surface area contributed by atoms with E-state index in [1.807, 2.05) is 52.0 Å². The second kappa shape index (κ2) is 10.3. The molecule has 0 spiro atoms. The standard InChI is InChI=1S/C27H40N4O4/c1-6-29-11-13-30(14-12-29)20-9-7-19(8-10-20)25(33)28-21(15-27(3,4)5)26(34)31-16-18(2)24-23(31)22(32)17-35-24/h7-10,18,21,23-24H,6,11-17H2,1-5H3,(H,28,33)/t18-,21?,23+,24+/m0/s1. The van der Waals surface area contributed by atoms with E-state index in [0.29, 0.717) is 18.5 Å². The zero-order valence-corrected chi connectivity index (χ0v) is 21.8. The lowest BCUT2D eigenvalue weighted by molar-refractivity contribution is -0.138. The van der Waals surface area contributed by atoms with Crippen LogP contribution in [-0.4, -0.2) is 91.5 Å². The maximum Gasteiger partial charge on any atom is 0.251 e. The van der Waals surface area contributed by atoms with E-state index in [4.69, 9.17) is 4.74 Å². The molecule has 0 aromatic heterocycles. The van der Waals surface area contributed by atoms with Crippen molar-refractivity contribution in [1.29, 1.82) is 0 Å². The van der Waals surface area contributed by atoms with Crippen molar-refractivity contribution in [3.05, 3.63) is 29.8 Å². The van der Waals surface area contributed by atoms with Crippen molar-refractivity contribution in [2.75, 3.05) is 50.8 Å². The van der Waals surface area contributed by atoms with Crippen LogP contribution in [0, 0.1) is 11.3 Å². The zero-order chi connectivity index (χ0) is 25.3. The first-order valence-corrected chi connectivity index (χ1v) is 12.9. The van der Waals surface area contributed by atoms with Gasteiger partial charge in [0, 0.05) is 49.9 Å². The van der Waals surface area contributed by atoms with E-state index in [2.05, 4.69) is 22.0 Å². The molecule has 4 rings (SSSR count). The summed E-state index contributed by atoms with van der Waals surface area (Å²) in [5, 5.41) is 2.99. The predicted octanol–water partition coefficient (Wildman–Crippen LogP) is 2.18. The summed E-state index contributed by atoms with van der Waals surface area (Å²) in [5.41, 5.74) is 1.45. The van der Waals surface area contributed by atoms with Crippen molar-refractivity contribution in [2.24, 2.45) is 11.3 Å². The van der Waals surface area contributed by atoms with Gasteiger partial charge in [0.05, 0.1) is 6.10 Å². The number of benzene rings is 1. The Kier molecular flexibility index (Phi) is 7.52. The highest BCUT2D eigenvalue weighted by atomic mass is 16.5. The first kappa shape index (κ1) is 25.6. The number of fused-ring (bicyclic) bond motifs is 1. The van der Waals surface area contributed by atoms with Gasteiger partial charge in [-0.25, -0.2) is 0 Å². The van der Waals surface area contributed by atoms with Crippen molar-refractivity contribution < 1.29 is 19.1 Å². The quantitative estimate of drug-likeness (QED) is 0.667. The fourth-order valence-corrected chi connectivity index (χ4v) is 5.52. The molecule has 3 saturated heterocycles. The number of ether oxygens (including phenoxy) is 1. The molecule has 0 saturated carbocycles. The normalized spacial score (nSPS) is 26.1. The topological polar surface area (TPSA) is 82.2 Å². The fourth-order valence-electron chi connectivity index (χ4n) is 5.52. The van der Waals surface area contributed by atoms with Crippen LogP contribution in [-0.2, 0) is 14.3 Å². The highest BCUT2D eigenvalue weighted by Gasteiger charge is 2.51. The number of likely N-dealkylation sites (tertiary alicyclic amines) is 1. The first-order chi connectivity index (χ1) is 16.6. The first-order valence-electron chi connectivity index (χ1n) is 12.9.